The number of hydrogen-bond acceptors (Lipinski definition) is 5. The number of benzene rings is 1. The van der Waals surface area contributed by atoms with E-state index in [-0.39, 0.29) is 24.8 Å². The summed E-state index contributed by atoms with van der Waals surface area (Å²) in [4.78, 5) is 36.6. The molecule has 2 heterocycles. The number of aliphatic hydroxyl groups is 1. The summed E-state index contributed by atoms with van der Waals surface area (Å²) in [7, 11) is 0. The predicted octanol–water partition coefficient (Wildman–Crippen LogP) is -0.105. The average Bonchev–Trinajstić information content (AvgIpc) is 2.98. The highest BCUT2D eigenvalue weighted by molar-refractivity contribution is 6.17. The number of aryl methyl sites for hydroxylation is 1. The van der Waals surface area contributed by atoms with Crippen molar-refractivity contribution in [2.75, 3.05) is 18.5 Å². The second-order valence-electron chi connectivity index (χ2n) is 5.17. The van der Waals surface area contributed by atoms with Gasteiger partial charge in [-0.2, -0.15) is 0 Å². The highest BCUT2D eigenvalue weighted by Crippen LogP contribution is 2.30. The highest BCUT2D eigenvalue weighted by atomic mass is 16.3. The number of aliphatic hydroxyl groups excluding tert-OH is 1. The second kappa shape index (κ2) is 5.27. The van der Waals surface area contributed by atoms with Crippen LogP contribution in [0, 0.1) is 6.92 Å². The second-order valence-corrected chi connectivity index (χ2v) is 5.17. The van der Waals surface area contributed by atoms with Gasteiger partial charge in [-0.05, 0) is 18.6 Å². The maximum Gasteiger partial charge on any atom is 0.277 e. The summed E-state index contributed by atoms with van der Waals surface area (Å²) in [6.07, 6.45) is 1.21. The van der Waals surface area contributed by atoms with Crippen molar-refractivity contribution in [2.45, 2.75) is 13.5 Å². The molecule has 0 aromatic heterocycles. The van der Waals surface area contributed by atoms with Gasteiger partial charge in [-0.3, -0.25) is 19.3 Å². The molecule has 0 atom stereocenters. The molecule has 0 unspecified atom stereocenters. The Morgan fingerprint density at radius 1 is 1.32 bits per heavy atom. The van der Waals surface area contributed by atoms with Crippen LogP contribution in [0.15, 0.2) is 23.9 Å². The molecule has 0 radical (unpaired) electrons. The van der Waals surface area contributed by atoms with E-state index in [9.17, 15) is 14.4 Å². The van der Waals surface area contributed by atoms with E-state index in [0.717, 1.165) is 16.0 Å². The summed E-state index contributed by atoms with van der Waals surface area (Å²) in [6, 6.07) is 3.53. The largest absolute Gasteiger partial charge is 0.395 e. The molecule has 0 bridgehead atoms. The molecule has 3 rings (SSSR count). The lowest BCUT2D eigenvalue weighted by Crippen LogP contribution is -2.34. The number of fused-ring (bicyclic) bond motifs is 1. The fourth-order valence-electron chi connectivity index (χ4n) is 2.64. The van der Waals surface area contributed by atoms with E-state index in [2.05, 4.69) is 10.6 Å². The first kappa shape index (κ1) is 14.3. The Morgan fingerprint density at radius 2 is 2.09 bits per heavy atom. The molecule has 22 heavy (non-hydrogen) atoms. The molecule has 7 heteroatoms. The highest BCUT2D eigenvalue weighted by Gasteiger charge is 2.32. The van der Waals surface area contributed by atoms with Gasteiger partial charge < -0.3 is 15.7 Å². The smallest absolute Gasteiger partial charge is 0.277 e. The van der Waals surface area contributed by atoms with Gasteiger partial charge in [0.2, 0.25) is 0 Å². The Bertz CT molecular complexity index is 724. The molecular formula is C15H15N3O4. The van der Waals surface area contributed by atoms with Crippen LogP contribution in [0.5, 0.6) is 0 Å². The number of rotatable bonds is 4. The third kappa shape index (κ3) is 2.15. The van der Waals surface area contributed by atoms with Gasteiger partial charge in [0.05, 0.1) is 13.2 Å². The number of nitrogens with zero attached hydrogens (tertiary/aromatic N) is 1. The molecule has 7 nitrogen and oxygen atoms in total. The third-order valence-electron chi connectivity index (χ3n) is 3.78. The zero-order chi connectivity index (χ0) is 15.9. The fraction of sp³-hybridized carbons (Fsp3) is 0.267. The molecule has 0 saturated carbocycles. The summed E-state index contributed by atoms with van der Waals surface area (Å²) in [5.41, 5.74) is 3.03. The third-order valence-corrected chi connectivity index (χ3v) is 3.78. The van der Waals surface area contributed by atoms with Gasteiger partial charge in [0, 0.05) is 29.4 Å². The summed E-state index contributed by atoms with van der Waals surface area (Å²) in [5, 5.41) is 14.6. The SMILES string of the molecule is Cc1ccc2c(c1NC1=CC(=O)N(CCO)C1=O)CNC2=O. The Hall–Kier alpha value is -2.67. The molecule has 114 valence electrons. The van der Waals surface area contributed by atoms with Crippen molar-refractivity contribution in [2.24, 2.45) is 0 Å². The maximum absolute atomic E-state index is 12.2. The van der Waals surface area contributed by atoms with E-state index < -0.39 is 11.8 Å². The minimum absolute atomic E-state index is 0.0364. The maximum atomic E-state index is 12.2. The van der Waals surface area contributed by atoms with E-state index in [4.69, 9.17) is 5.11 Å². The van der Waals surface area contributed by atoms with Crippen molar-refractivity contribution < 1.29 is 19.5 Å². The molecule has 0 fully saturated rings. The first-order valence-electron chi connectivity index (χ1n) is 6.89. The van der Waals surface area contributed by atoms with Crippen LogP contribution >= 0.6 is 0 Å². The standard InChI is InChI=1S/C15H15N3O4/c1-8-2-3-9-10(7-16-14(9)21)13(8)17-11-6-12(20)18(4-5-19)15(11)22/h2-3,6,17,19H,4-5,7H2,1H3,(H,16,21). The Morgan fingerprint density at radius 3 is 2.82 bits per heavy atom. The Kier molecular flexibility index (Phi) is 3.42. The summed E-state index contributed by atoms with van der Waals surface area (Å²) in [6.45, 7) is 1.93. The van der Waals surface area contributed by atoms with E-state index in [0.29, 0.717) is 17.8 Å². The van der Waals surface area contributed by atoms with Gasteiger partial charge >= 0.3 is 0 Å². The van der Waals surface area contributed by atoms with Gasteiger partial charge in [0.25, 0.3) is 17.7 Å². The van der Waals surface area contributed by atoms with Crippen molar-refractivity contribution in [3.05, 3.63) is 40.6 Å². The Labute approximate surface area is 126 Å². The van der Waals surface area contributed by atoms with Crippen LogP contribution in [0.3, 0.4) is 0 Å². The summed E-state index contributed by atoms with van der Waals surface area (Å²) >= 11 is 0. The molecule has 0 aliphatic carbocycles. The van der Waals surface area contributed by atoms with Crippen molar-refractivity contribution in [1.82, 2.24) is 10.2 Å². The number of β-amino-alcohol motifs (C(OH)–C–C–N with tert-alkyl or cyclic N) is 1. The first-order chi connectivity index (χ1) is 10.5. The molecular weight excluding hydrogens is 286 g/mol. The monoisotopic (exact) mass is 301 g/mol. The van der Waals surface area contributed by atoms with Gasteiger partial charge in [-0.25, -0.2) is 0 Å². The molecule has 3 N–H and O–H groups in total. The lowest BCUT2D eigenvalue weighted by Gasteiger charge is -2.16. The quantitative estimate of drug-likeness (QED) is 0.674. The normalized spacial score (nSPS) is 16.7. The number of carbonyl (C=O) groups excluding carboxylic acids is 3. The van der Waals surface area contributed by atoms with Gasteiger partial charge in [0.1, 0.15) is 5.70 Å². The first-order valence-corrected chi connectivity index (χ1v) is 6.89. The van der Waals surface area contributed by atoms with E-state index in [1.807, 2.05) is 6.92 Å². The number of nitrogens with one attached hydrogen (secondary N) is 2. The number of anilines is 1. The van der Waals surface area contributed by atoms with Crippen molar-refractivity contribution in [1.29, 1.82) is 0 Å². The minimum Gasteiger partial charge on any atom is -0.395 e. The van der Waals surface area contributed by atoms with E-state index >= 15 is 0 Å². The summed E-state index contributed by atoms with van der Waals surface area (Å²) in [5.74, 6) is -1.09. The summed E-state index contributed by atoms with van der Waals surface area (Å²) < 4.78 is 0. The van der Waals surface area contributed by atoms with Crippen LogP contribution in [0.1, 0.15) is 21.5 Å². The van der Waals surface area contributed by atoms with Crippen molar-refractivity contribution >= 4 is 23.4 Å². The lowest BCUT2D eigenvalue weighted by atomic mass is 10.0. The van der Waals surface area contributed by atoms with Gasteiger partial charge in [-0.1, -0.05) is 6.07 Å². The fourth-order valence-corrected chi connectivity index (χ4v) is 2.64. The van der Waals surface area contributed by atoms with Crippen LogP contribution < -0.4 is 10.6 Å². The van der Waals surface area contributed by atoms with Gasteiger partial charge in [0.15, 0.2) is 0 Å². The molecule has 1 aromatic rings. The molecule has 2 aliphatic rings. The molecule has 2 aliphatic heterocycles. The Balaban J connectivity index is 1.92. The average molecular weight is 301 g/mol. The van der Waals surface area contributed by atoms with Crippen LogP contribution in [0.25, 0.3) is 0 Å². The van der Waals surface area contributed by atoms with E-state index in [1.165, 1.54) is 6.08 Å². The molecule has 3 amide bonds. The minimum atomic E-state index is -0.478. The van der Waals surface area contributed by atoms with Crippen LogP contribution in [0.2, 0.25) is 0 Å². The molecule has 1 aromatic carbocycles. The number of hydrogen-bond donors (Lipinski definition) is 3. The number of amides is 3. The number of carbonyl (C=O) groups is 3. The molecule has 0 saturated heterocycles. The topological polar surface area (TPSA) is 98.7 Å². The number of imide groups is 1. The zero-order valence-corrected chi connectivity index (χ0v) is 12.0. The zero-order valence-electron chi connectivity index (χ0n) is 12.0. The lowest BCUT2D eigenvalue weighted by molar-refractivity contribution is -0.137. The van der Waals surface area contributed by atoms with Gasteiger partial charge in [-0.15, -0.1) is 0 Å². The van der Waals surface area contributed by atoms with E-state index in [1.54, 1.807) is 12.1 Å². The predicted molar refractivity (Wildman–Crippen MR) is 77.9 cm³/mol. The van der Waals surface area contributed by atoms with Crippen molar-refractivity contribution in [3.8, 4) is 0 Å². The van der Waals surface area contributed by atoms with Crippen LogP contribution in [-0.2, 0) is 16.1 Å². The van der Waals surface area contributed by atoms with Crippen molar-refractivity contribution in [3.63, 3.8) is 0 Å². The molecule has 0 spiro atoms. The van der Waals surface area contributed by atoms with Crippen LogP contribution in [0.4, 0.5) is 5.69 Å². The van der Waals surface area contributed by atoms with Crippen LogP contribution in [-0.4, -0.2) is 40.9 Å².